The molecule has 0 bridgehead atoms. The van der Waals surface area contributed by atoms with E-state index >= 15 is 0 Å². The molecule has 74 valence electrons. The van der Waals surface area contributed by atoms with Crippen molar-refractivity contribution in [2.75, 3.05) is 0 Å². The molecule has 1 unspecified atom stereocenters. The molecule has 0 aliphatic rings. The van der Waals surface area contributed by atoms with Crippen LogP contribution in [0.5, 0.6) is 0 Å². The summed E-state index contributed by atoms with van der Waals surface area (Å²) in [7, 11) is 0. The second kappa shape index (κ2) is 5.91. The van der Waals surface area contributed by atoms with Gasteiger partial charge in [-0.25, -0.2) is 0 Å². The number of amides is 1. The fourth-order valence-electron chi connectivity index (χ4n) is 1.24. The zero-order valence-corrected chi connectivity index (χ0v) is 7.85. The summed E-state index contributed by atoms with van der Waals surface area (Å²) in [4.78, 5) is 20.6. The predicted octanol–water partition coefficient (Wildman–Crippen LogP) is 0.933. The van der Waals surface area contributed by atoms with Crippen molar-refractivity contribution in [2.45, 2.75) is 18.9 Å². The quantitative estimate of drug-likeness (QED) is 0.680. The third-order valence-electron chi connectivity index (χ3n) is 2.03. The van der Waals surface area contributed by atoms with Crippen molar-refractivity contribution in [1.29, 1.82) is 0 Å². The standard InChI is InChI=1S/C11H13NO2/c13-8-11(12-9-14)7-6-10-4-2-1-3-5-10/h1-5,8-9,11H,6-7H2,(H,12,14). The van der Waals surface area contributed by atoms with E-state index in [2.05, 4.69) is 5.32 Å². The van der Waals surface area contributed by atoms with Crippen molar-refractivity contribution in [2.24, 2.45) is 0 Å². The molecule has 0 radical (unpaired) electrons. The SMILES string of the molecule is O=CNC(C=O)CCc1ccccc1. The molecule has 1 atom stereocenters. The van der Waals surface area contributed by atoms with Crippen LogP contribution in [0.25, 0.3) is 0 Å². The lowest BCUT2D eigenvalue weighted by atomic mass is 10.1. The Morgan fingerprint density at radius 3 is 2.50 bits per heavy atom. The molecule has 3 heteroatoms. The first kappa shape index (κ1) is 10.4. The fraction of sp³-hybridized carbons (Fsp3) is 0.273. The van der Waals surface area contributed by atoms with Gasteiger partial charge in [0.05, 0.1) is 6.04 Å². The molecule has 0 heterocycles. The van der Waals surface area contributed by atoms with E-state index in [4.69, 9.17) is 0 Å². The van der Waals surface area contributed by atoms with Gasteiger partial charge >= 0.3 is 0 Å². The minimum absolute atomic E-state index is 0.368. The lowest BCUT2D eigenvalue weighted by Crippen LogP contribution is -2.29. The van der Waals surface area contributed by atoms with E-state index in [9.17, 15) is 9.59 Å². The van der Waals surface area contributed by atoms with Crippen LogP contribution in [0, 0.1) is 0 Å². The third-order valence-corrected chi connectivity index (χ3v) is 2.03. The van der Waals surface area contributed by atoms with Gasteiger partial charge in [0, 0.05) is 0 Å². The van der Waals surface area contributed by atoms with E-state index < -0.39 is 0 Å². The molecule has 1 N–H and O–H groups in total. The minimum atomic E-state index is -0.368. The largest absolute Gasteiger partial charge is 0.349 e. The Hall–Kier alpha value is -1.64. The third kappa shape index (κ3) is 3.39. The fourth-order valence-corrected chi connectivity index (χ4v) is 1.24. The van der Waals surface area contributed by atoms with Crippen LogP contribution in [-0.4, -0.2) is 18.7 Å². The average Bonchev–Trinajstić information content (AvgIpc) is 2.25. The number of hydrogen-bond acceptors (Lipinski definition) is 2. The van der Waals surface area contributed by atoms with Crippen LogP contribution in [-0.2, 0) is 16.0 Å². The van der Waals surface area contributed by atoms with Crippen LogP contribution < -0.4 is 5.32 Å². The maximum absolute atomic E-state index is 10.5. The molecule has 0 fully saturated rings. The number of hydrogen-bond donors (Lipinski definition) is 1. The summed E-state index contributed by atoms with van der Waals surface area (Å²) in [6, 6.07) is 9.50. The van der Waals surface area contributed by atoms with E-state index in [1.165, 1.54) is 5.56 Å². The number of carbonyl (C=O) groups is 2. The first-order valence-corrected chi connectivity index (χ1v) is 4.55. The first-order valence-electron chi connectivity index (χ1n) is 4.55. The highest BCUT2D eigenvalue weighted by Crippen LogP contribution is 2.03. The molecule has 3 nitrogen and oxygen atoms in total. The number of nitrogens with one attached hydrogen (secondary N) is 1. The van der Waals surface area contributed by atoms with Crippen LogP contribution in [0.1, 0.15) is 12.0 Å². The predicted molar refractivity (Wildman–Crippen MR) is 53.8 cm³/mol. The van der Waals surface area contributed by atoms with Crippen molar-refractivity contribution in [3.05, 3.63) is 35.9 Å². The van der Waals surface area contributed by atoms with Crippen molar-refractivity contribution in [3.8, 4) is 0 Å². The van der Waals surface area contributed by atoms with Gasteiger partial charge in [0.15, 0.2) is 0 Å². The van der Waals surface area contributed by atoms with Gasteiger partial charge < -0.3 is 10.1 Å². The molecule has 1 amide bonds. The number of aldehydes is 1. The van der Waals surface area contributed by atoms with Gasteiger partial charge in [-0.1, -0.05) is 30.3 Å². The smallest absolute Gasteiger partial charge is 0.207 e. The van der Waals surface area contributed by atoms with Gasteiger partial charge in [-0.3, -0.25) is 4.79 Å². The van der Waals surface area contributed by atoms with E-state index in [0.29, 0.717) is 12.8 Å². The summed E-state index contributed by atoms with van der Waals surface area (Å²) >= 11 is 0. The van der Waals surface area contributed by atoms with Gasteiger partial charge in [-0.2, -0.15) is 0 Å². The second-order valence-electron chi connectivity index (χ2n) is 3.05. The molecule has 14 heavy (non-hydrogen) atoms. The molecule has 0 aliphatic carbocycles. The van der Waals surface area contributed by atoms with Crippen molar-refractivity contribution in [1.82, 2.24) is 5.32 Å². The lowest BCUT2D eigenvalue weighted by Gasteiger charge is -2.07. The van der Waals surface area contributed by atoms with E-state index in [0.717, 1.165) is 12.7 Å². The van der Waals surface area contributed by atoms with E-state index in [-0.39, 0.29) is 6.04 Å². The molecule has 0 saturated carbocycles. The zero-order valence-electron chi connectivity index (χ0n) is 7.85. The normalized spacial score (nSPS) is 11.7. The van der Waals surface area contributed by atoms with Crippen LogP contribution in [0.2, 0.25) is 0 Å². The van der Waals surface area contributed by atoms with E-state index in [1.54, 1.807) is 0 Å². The Balaban J connectivity index is 2.39. The molecule has 0 aliphatic heterocycles. The average molecular weight is 191 g/mol. The highest BCUT2D eigenvalue weighted by Gasteiger charge is 2.04. The van der Waals surface area contributed by atoms with Gasteiger partial charge in [0.1, 0.15) is 6.29 Å². The van der Waals surface area contributed by atoms with Crippen molar-refractivity contribution >= 4 is 12.7 Å². The van der Waals surface area contributed by atoms with Crippen molar-refractivity contribution in [3.63, 3.8) is 0 Å². The van der Waals surface area contributed by atoms with Crippen LogP contribution >= 0.6 is 0 Å². The summed E-state index contributed by atoms with van der Waals surface area (Å²) in [6.07, 6.45) is 2.76. The molecule has 0 aromatic heterocycles. The molecule has 1 aromatic carbocycles. The number of rotatable bonds is 6. The number of benzene rings is 1. The summed E-state index contributed by atoms with van der Waals surface area (Å²) in [5.41, 5.74) is 1.17. The maximum atomic E-state index is 10.5. The van der Waals surface area contributed by atoms with Gasteiger partial charge in [-0.15, -0.1) is 0 Å². The summed E-state index contributed by atoms with van der Waals surface area (Å²) in [5.74, 6) is 0. The van der Waals surface area contributed by atoms with E-state index in [1.807, 2.05) is 30.3 Å². The summed E-state index contributed by atoms with van der Waals surface area (Å²) < 4.78 is 0. The Morgan fingerprint density at radius 2 is 1.93 bits per heavy atom. The van der Waals surface area contributed by atoms with Gasteiger partial charge in [-0.05, 0) is 18.4 Å². The Bertz CT molecular complexity index is 285. The lowest BCUT2D eigenvalue weighted by molar-refractivity contribution is -0.115. The first-order chi connectivity index (χ1) is 6.86. The van der Waals surface area contributed by atoms with Crippen molar-refractivity contribution < 1.29 is 9.59 Å². The van der Waals surface area contributed by atoms with Crippen LogP contribution in [0.3, 0.4) is 0 Å². The molecule has 0 saturated heterocycles. The molecule has 1 rings (SSSR count). The topological polar surface area (TPSA) is 46.2 Å². The number of carbonyl (C=O) groups excluding carboxylic acids is 2. The molecular weight excluding hydrogens is 178 g/mol. The highest BCUT2D eigenvalue weighted by molar-refractivity contribution is 5.63. The Labute approximate surface area is 83.1 Å². The second-order valence-corrected chi connectivity index (χ2v) is 3.05. The van der Waals surface area contributed by atoms with Crippen LogP contribution in [0.4, 0.5) is 0 Å². The highest BCUT2D eigenvalue weighted by atomic mass is 16.1. The Morgan fingerprint density at radius 1 is 1.21 bits per heavy atom. The summed E-state index contributed by atoms with van der Waals surface area (Å²) in [6.45, 7) is 0. The summed E-state index contributed by atoms with van der Waals surface area (Å²) in [5, 5.41) is 2.45. The van der Waals surface area contributed by atoms with Crippen LogP contribution in [0.15, 0.2) is 30.3 Å². The molecule has 1 aromatic rings. The van der Waals surface area contributed by atoms with Gasteiger partial charge in [0.2, 0.25) is 6.41 Å². The molecular formula is C11H13NO2. The number of aryl methyl sites for hydroxylation is 1. The van der Waals surface area contributed by atoms with Gasteiger partial charge in [0.25, 0.3) is 0 Å². The molecule has 0 spiro atoms. The minimum Gasteiger partial charge on any atom is -0.349 e. The Kier molecular flexibility index (Phi) is 4.41. The maximum Gasteiger partial charge on any atom is 0.207 e. The zero-order chi connectivity index (χ0) is 10.2. The monoisotopic (exact) mass is 191 g/mol.